The fourth-order valence-electron chi connectivity index (χ4n) is 3.71. The molecule has 0 aliphatic rings. The molecule has 2 heterocycles. The highest BCUT2D eigenvalue weighted by molar-refractivity contribution is 8.00. The fourth-order valence-corrected chi connectivity index (χ4v) is 4.61. The number of furan rings is 1. The predicted octanol–water partition coefficient (Wildman–Crippen LogP) is 5.14. The van der Waals surface area contributed by atoms with Crippen LogP contribution in [0.3, 0.4) is 0 Å². The third kappa shape index (κ3) is 5.54. The first-order valence-corrected chi connectivity index (χ1v) is 11.9. The first-order chi connectivity index (χ1) is 16.0. The highest BCUT2D eigenvalue weighted by atomic mass is 32.2. The molecular weight excluding hydrogens is 432 g/mol. The van der Waals surface area contributed by atoms with Gasteiger partial charge in [0.15, 0.2) is 11.0 Å². The van der Waals surface area contributed by atoms with Gasteiger partial charge in [0.1, 0.15) is 5.76 Å². The lowest BCUT2D eigenvalue weighted by Gasteiger charge is -2.26. The van der Waals surface area contributed by atoms with Crippen LogP contribution in [-0.4, -0.2) is 37.4 Å². The fraction of sp³-hybridized carbons (Fsp3) is 0.269. The smallest absolute Gasteiger partial charge is 0.236 e. The number of carbonyl (C=O) groups excluding carboxylic acids is 1. The van der Waals surface area contributed by atoms with Crippen LogP contribution < -0.4 is 0 Å². The summed E-state index contributed by atoms with van der Waals surface area (Å²) in [6.45, 7) is 5.07. The number of nitrogens with zero attached hydrogens (tertiary/aromatic N) is 4. The number of amides is 1. The zero-order valence-corrected chi connectivity index (χ0v) is 20.0. The van der Waals surface area contributed by atoms with Crippen molar-refractivity contribution in [2.45, 2.75) is 37.2 Å². The van der Waals surface area contributed by atoms with E-state index in [0.717, 1.165) is 29.1 Å². The Morgan fingerprint density at radius 3 is 2.33 bits per heavy atom. The van der Waals surface area contributed by atoms with E-state index >= 15 is 0 Å². The summed E-state index contributed by atoms with van der Waals surface area (Å²) >= 11 is 1.43. The largest absolute Gasteiger partial charge is 0.469 e. The molecular formula is C26H28N4O2S. The molecule has 0 aliphatic heterocycles. The van der Waals surface area contributed by atoms with E-state index in [9.17, 15) is 4.79 Å². The van der Waals surface area contributed by atoms with Gasteiger partial charge in [-0.25, -0.2) is 0 Å². The summed E-state index contributed by atoms with van der Waals surface area (Å²) in [5.74, 6) is 1.61. The van der Waals surface area contributed by atoms with Crippen LogP contribution in [0.25, 0.3) is 11.4 Å². The van der Waals surface area contributed by atoms with E-state index in [4.69, 9.17) is 4.42 Å². The third-order valence-electron chi connectivity index (χ3n) is 5.61. The molecule has 0 aliphatic carbocycles. The minimum absolute atomic E-state index is 0.0869. The van der Waals surface area contributed by atoms with Crippen molar-refractivity contribution in [3.63, 3.8) is 0 Å². The molecule has 7 heteroatoms. The Labute approximate surface area is 198 Å². The van der Waals surface area contributed by atoms with Crippen molar-refractivity contribution in [3.05, 3.63) is 89.9 Å². The topological polar surface area (TPSA) is 64.2 Å². The Morgan fingerprint density at radius 2 is 1.70 bits per heavy atom. The number of rotatable bonds is 9. The van der Waals surface area contributed by atoms with Crippen molar-refractivity contribution in [1.82, 2.24) is 19.7 Å². The van der Waals surface area contributed by atoms with Gasteiger partial charge in [-0.3, -0.25) is 4.79 Å². The standard InChI is InChI=1S/C26H28N4O2S/c1-19-23(15-17-32-19)24-27-28-26(29(24)3)33-20(2)25(31)30(18-22-12-8-5-9-13-22)16-14-21-10-6-4-7-11-21/h4-13,15,17,20H,14,16,18H2,1-3H3/t20-/m1/s1. The Hall–Kier alpha value is -3.32. The number of aryl methyl sites for hydroxylation is 1. The van der Waals surface area contributed by atoms with E-state index in [1.807, 2.05) is 72.8 Å². The van der Waals surface area contributed by atoms with Crippen LogP contribution in [0.2, 0.25) is 0 Å². The van der Waals surface area contributed by atoms with Gasteiger partial charge in [-0.1, -0.05) is 72.4 Å². The summed E-state index contributed by atoms with van der Waals surface area (Å²) in [4.78, 5) is 15.4. The van der Waals surface area contributed by atoms with Crippen LogP contribution in [0.1, 0.15) is 23.8 Å². The summed E-state index contributed by atoms with van der Waals surface area (Å²) < 4.78 is 7.32. The van der Waals surface area contributed by atoms with Crippen LogP contribution >= 0.6 is 11.8 Å². The predicted molar refractivity (Wildman–Crippen MR) is 131 cm³/mol. The third-order valence-corrected chi connectivity index (χ3v) is 6.73. The van der Waals surface area contributed by atoms with E-state index < -0.39 is 0 Å². The second kappa shape index (κ2) is 10.5. The van der Waals surface area contributed by atoms with Gasteiger partial charge in [0.2, 0.25) is 5.91 Å². The van der Waals surface area contributed by atoms with Crippen molar-refractivity contribution >= 4 is 17.7 Å². The van der Waals surface area contributed by atoms with Crippen molar-refractivity contribution in [3.8, 4) is 11.4 Å². The maximum Gasteiger partial charge on any atom is 0.236 e. The molecule has 0 saturated carbocycles. The SMILES string of the molecule is Cc1occc1-c1nnc(S[C@H](C)C(=O)N(CCc2ccccc2)Cc2ccccc2)n1C. The molecule has 0 bridgehead atoms. The summed E-state index contributed by atoms with van der Waals surface area (Å²) in [5, 5.41) is 9.07. The lowest BCUT2D eigenvalue weighted by Crippen LogP contribution is -2.37. The zero-order chi connectivity index (χ0) is 23.2. The average Bonchev–Trinajstić information content (AvgIpc) is 3.42. The number of hydrogen-bond acceptors (Lipinski definition) is 5. The first-order valence-electron chi connectivity index (χ1n) is 11.0. The number of aromatic nitrogens is 3. The summed E-state index contributed by atoms with van der Waals surface area (Å²) in [7, 11) is 1.92. The average molecular weight is 461 g/mol. The maximum atomic E-state index is 13.5. The number of hydrogen-bond donors (Lipinski definition) is 0. The van der Waals surface area contributed by atoms with E-state index in [2.05, 4.69) is 34.5 Å². The zero-order valence-electron chi connectivity index (χ0n) is 19.1. The van der Waals surface area contributed by atoms with Crippen molar-refractivity contribution in [2.75, 3.05) is 6.54 Å². The Bertz CT molecular complexity index is 1190. The van der Waals surface area contributed by atoms with E-state index in [1.165, 1.54) is 17.3 Å². The molecule has 0 radical (unpaired) electrons. The van der Waals surface area contributed by atoms with E-state index in [-0.39, 0.29) is 11.2 Å². The molecule has 4 aromatic rings. The molecule has 4 rings (SSSR count). The number of benzene rings is 2. The Kier molecular flexibility index (Phi) is 7.29. The molecule has 0 spiro atoms. The second-order valence-electron chi connectivity index (χ2n) is 8.00. The summed E-state index contributed by atoms with van der Waals surface area (Å²) in [5.41, 5.74) is 3.24. The van der Waals surface area contributed by atoms with Crippen molar-refractivity contribution in [2.24, 2.45) is 7.05 Å². The maximum absolute atomic E-state index is 13.5. The lowest BCUT2D eigenvalue weighted by molar-refractivity contribution is -0.130. The normalized spacial score (nSPS) is 12.0. The van der Waals surface area contributed by atoms with Gasteiger partial charge in [0.25, 0.3) is 0 Å². The van der Waals surface area contributed by atoms with Crippen LogP contribution in [-0.2, 0) is 24.8 Å². The van der Waals surface area contributed by atoms with Crippen molar-refractivity contribution in [1.29, 1.82) is 0 Å². The van der Waals surface area contributed by atoms with Gasteiger partial charge >= 0.3 is 0 Å². The number of carbonyl (C=O) groups is 1. The minimum atomic E-state index is -0.300. The molecule has 2 aromatic heterocycles. The van der Waals surface area contributed by atoms with Gasteiger partial charge in [-0.15, -0.1) is 10.2 Å². The molecule has 0 N–H and O–H groups in total. The summed E-state index contributed by atoms with van der Waals surface area (Å²) in [6, 6.07) is 22.3. The quantitative estimate of drug-likeness (QED) is 0.324. The van der Waals surface area contributed by atoms with E-state index in [0.29, 0.717) is 18.2 Å². The van der Waals surface area contributed by atoms with Crippen molar-refractivity contribution < 1.29 is 9.21 Å². The van der Waals surface area contributed by atoms with Crippen LogP contribution in [0.15, 0.2) is 82.6 Å². The van der Waals surface area contributed by atoms with Gasteiger partial charge in [-0.2, -0.15) is 0 Å². The van der Waals surface area contributed by atoms with Crippen LogP contribution in [0, 0.1) is 6.92 Å². The molecule has 1 atom stereocenters. The number of thioether (sulfide) groups is 1. The lowest BCUT2D eigenvalue weighted by atomic mass is 10.1. The Morgan fingerprint density at radius 1 is 1.03 bits per heavy atom. The first kappa shape index (κ1) is 22.9. The van der Waals surface area contributed by atoms with Crippen LogP contribution in [0.4, 0.5) is 0 Å². The second-order valence-corrected chi connectivity index (χ2v) is 9.30. The minimum Gasteiger partial charge on any atom is -0.469 e. The van der Waals surface area contributed by atoms with E-state index in [1.54, 1.807) is 6.26 Å². The van der Waals surface area contributed by atoms with Gasteiger partial charge in [0.05, 0.1) is 17.1 Å². The molecule has 0 saturated heterocycles. The molecule has 33 heavy (non-hydrogen) atoms. The molecule has 0 fully saturated rings. The molecule has 6 nitrogen and oxygen atoms in total. The molecule has 1 amide bonds. The summed E-state index contributed by atoms with van der Waals surface area (Å²) in [6.07, 6.45) is 2.46. The highest BCUT2D eigenvalue weighted by Gasteiger charge is 2.25. The van der Waals surface area contributed by atoms with Gasteiger partial charge < -0.3 is 13.9 Å². The molecule has 2 aromatic carbocycles. The molecule has 0 unspecified atom stereocenters. The monoisotopic (exact) mass is 460 g/mol. The van der Waals surface area contributed by atoms with Crippen LogP contribution in [0.5, 0.6) is 0 Å². The van der Waals surface area contributed by atoms with Gasteiger partial charge in [-0.05, 0) is 37.5 Å². The Balaban J connectivity index is 1.49. The highest BCUT2D eigenvalue weighted by Crippen LogP contribution is 2.28. The molecule has 170 valence electrons. The van der Waals surface area contributed by atoms with Gasteiger partial charge in [0, 0.05) is 20.1 Å².